The van der Waals surface area contributed by atoms with Gasteiger partial charge >= 0.3 is 0 Å². The molecule has 0 aliphatic carbocycles. The van der Waals surface area contributed by atoms with Crippen LogP contribution < -0.4 is 0 Å². The number of nitriles is 1. The summed E-state index contributed by atoms with van der Waals surface area (Å²) in [6.07, 6.45) is 0. The maximum Gasteiger partial charge on any atom is 0.192 e. The minimum Gasteiger partial charge on any atom is -0.411 e. The normalized spacial score (nSPS) is 14.8. The topological polar surface area (TPSA) is 62.4 Å². The molecule has 0 amide bonds. The molecule has 0 aliphatic rings. The van der Waals surface area contributed by atoms with Crippen LogP contribution in [0.5, 0.6) is 0 Å². The summed E-state index contributed by atoms with van der Waals surface area (Å²) < 4.78 is 22.8. The first-order valence-electron chi connectivity index (χ1n) is 8.52. The Bertz CT molecular complexity index is 756. The summed E-state index contributed by atoms with van der Waals surface area (Å²) in [6, 6.07) is 7.16. The quantitative estimate of drug-likeness (QED) is 0.474. The SMILES string of the molecule is CC(C)(C)[S@@](=O)N=C(CO[Si](C)(C)C(C)(C)C)c1ccc(C#N)c(Cl)c1. The zero-order valence-electron chi connectivity index (χ0n) is 16.9. The monoisotopic (exact) mass is 412 g/mol. The number of rotatable bonds is 5. The van der Waals surface area contributed by atoms with Gasteiger partial charge < -0.3 is 4.43 Å². The molecule has 0 spiro atoms. The summed E-state index contributed by atoms with van der Waals surface area (Å²) in [5.74, 6) is 0. The van der Waals surface area contributed by atoms with Crippen molar-refractivity contribution in [3.63, 3.8) is 0 Å². The molecule has 26 heavy (non-hydrogen) atoms. The summed E-state index contributed by atoms with van der Waals surface area (Å²) in [4.78, 5) is 0. The number of nitrogens with zero attached hydrogens (tertiary/aromatic N) is 2. The molecule has 0 unspecified atom stereocenters. The molecule has 7 heteroatoms. The van der Waals surface area contributed by atoms with Crippen molar-refractivity contribution in [2.45, 2.75) is 64.4 Å². The molecule has 4 nitrogen and oxygen atoms in total. The highest BCUT2D eigenvalue weighted by molar-refractivity contribution is 7.85. The van der Waals surface area contributed by atoms with Gasteiger partial charge in [-0.2, -0.15) is 9.66 Å². The lowest BCUT2D eigenvalue weighted by Gasteiger charge is -2.36. The highest BCUT2D eigenvalue weighted by Crippen LogP contribution is 2.36. The van der Waals surface area contributed by atoms with E-state index in [1.165, 1.54) is 0 Å². The Labute approximate surface area is 166 Å². The second-order valence-corrected chi connectivity index (χ2v) is 15.9. The molecule has 1 rings (SSSR count). The summed E-state index contributed by atoms with van der Waals surface area (Å²) in [5.41, 5.74) is 1.72. The zero-order valence-corrected chi connectivity index (χ0v) is 19.5. The van der Waals surface area contributed by atoms with Crippen molar-refractivity contribution in [2.24, 2.45) is 4.40 Å². The molecule has 0 heterocycles. The van der Waals surface area contributed by atoms with Gasteiger partial charge in [0.05, 0.1) is 27.7 Å². The fourth-order valence-corrected chi connectivity index (χ4v) is 3.44. The lowest BCUT2D eigenvalue weighted by atomic mass is 10.1. The second-order valence-electron chi connectivity index (χ2n) is 8.75. The molecular formula is C19H29ClN2O2SSi. The zero-order chi connectivity index (χ0) is 20.3. The van der Waals surface area contributed by atoms with Crippen molar-refractivity contribution in [2.75, 3.05) is 6.61 Å². The molecule has 1 aromatic rings. The molecule has 0 fully saturated rings. The Morgan fingerprint density at radius 3 is 2.27 bits per heavy atom. The molecule has 0 aliphatic heterocycles. The van der Waals surface area contributed by atoms with E-state index in [0.717, 1.165) is 5.56 Å². The van der Waals surface area contributed by atoms with Crippen LogP contribution in [-0.4, -0.2) is 29.6 Å². The van der Waals surface area contributed by atoms with E-state index in [4.69, 9.17) is 21.3 Å². The van der Waals surface area contributed by atoms with E-state index in [1.54, 1.807) is 18.2 Å². The highest BCUT2D eigenvalue weighted by atomic mass is 35.5. The first kappa shape index (κ1) is 23.0. The van der Waals surface area contributed by atoms with Gasteiger partial charge in [0.15, 0.2) is 8.32 Å². The number of halogens is 1. The van der Waals surface area contributed by atoms with E-state index in [9.17, 15) is 4.21 Å². The van der Waals surface area contributed by atoms with E-state index in [1.807, 2.05) is 26.8 Å². The van der Waals surface area contributed by atoms with E-state index in [0.29, 0.717) is 16.3 Å². The van der Waals surface area contributed by atoms with Gasteiger partial charge in [-0.25, -0.2) is 4.21 Å². The molecule has 0 radical (unpaired) electrons. The van der Waals surface area contributed by atoms with Crippen molar-refractivity contribution in [3.8, 4) is 6.07 Å². The van der Waals surface area contributed by atoms with Crippen molar-refractivity contribution in [1.29, 1.82) is 5.26 Å². The van der Waals surface area contributed by atoms with Crippen LogP contribution >= 0.6 is 11.6 Å². The van der Waals surface area contributed by atoms with Crippen LogP contribution in [0.2, 0.25) is 23.2 Å². The van der Waals surface area contributed by atoms with Crippen molar-refractivity contribution >= 4 is 36.6 Å². The van der Waals surface area contributed by atoms with Crippen LogP contribution in [0.1, 0.15) is 52.7 Å². The fourth-order valence-electron chi connectivity index (χ4n) is 1.65. The van der Waals surface area contributed by atoms with E-state index in [-0.39, 0.29) is 11.6 Å². The first-order chi connectivity index (χ1) is 11.7. The van der Waals surface area contributed by atoms with Gasteiger partial charge in [-0.15, -0.1) is 0 Å². The molecule has 0 N–H and O–H groups in total. The standard InChI is InChI=1S/C19H29ClN2O2SSi/c1-18(2,3)25(23)22-17(13-24-26(7,8)19(4,5)6)14-9-10-15(12-21)16(20)11-14/h9-11H,13H2,1-8H3/t25-/m1/s1. The average molecular weight is 413 g/mol. The molecule has 0 bridgehead atoms. The van der Waals surface area contributed by atoms with Crippen LogP contribution in [-0.2, 0) is 15.4 Å². The van der Waals surface area contributed by atoms with Gasteiger partial charge in [-0.1, -0.05) is 38.4 Å². The molecule has 0 saturated heterocycles. The molecule has 0 aromatic heterocycles. The highest BCUT2D eigenvalue weighted by Gasteiger charge is 2.37. The Kier molecular flexibility index (Phi) is 7.39. The van der Waals surface area contributed by atoms with Crippen molar-refractivity contribution in [1.82, 2.24) is 0 Å². The maximum atomic E-state index is 12.6. The van der Waals surface area contributed by atoms with Crippen LogP contribution in [0.4, 0.5) is 0 Å². The van der Waals surface area contributed by atoms with Crippen LogP contribution in [0.15, 0.2) is 22.6 Å². The van der Waals surface area contributed by atoms with Crippen molar-refractivity contribution in [3.05, 3.63) is 34.3 Å². The molecule has 144 valence electrons. The van der Waals surface area contributed by atoms with Crippen molar-refractivity contribution < 1.29 is 8.63 Å². The lowest BCUT2D eigenvalue weighted by molar-refractivity contribution is 0.340. The molecule has 1 aromatic carbocycles. The minimum atomic E-state index is -1.99. The Morgan fingerprint density at radius 2 is 1.85 bits per heavy atom. The largest absolute Gasteiger partial charge is 0.411 e. The Balaban J connectivity index is 3.28. The summed E-state index contributed by atoms with van der Waals surface area (Å²) in [6.45, 7) is 16.7. The maximum absolute atomic E-state index is 12.6. The lowest BCUT2D eigenvalue weighted by Crippen LogP contribution is -2.42. The van der Waals surface area contributed by atoms with Gasteiger partial charge in [-0.3, -0.25) is 0 Å². The van der Waals surface area contributed by atoms with Crippen LogP contribution in [0.25, 0.3) is 0 Å². The minimum absolute atomic E-state index is 0.0591. The summed E-state index contributed by atoms with van der Waals surface area (Å²) in [5, 5.41) is 9.48. The van der Waals surface area contributed by atoms with E-state index < -0.39 is 24.1 Å². The fraction of sp³-hybridized carbons (Fsp3) is 0.579. The predicted molar refractivity (Wildman–Crippen MR) is 114 cm³/mol. The Morgan fingerprint density at radius 1 is 1.27 bits per heavy atom. The summed E-state index contributed by atoms with van der Waals surface area (Å²) in [7, 11) is -3.41. The summed E-state index contributed by atoms with van der Waals surface area (Å²) >= 11 is 6.18. The number of hydrogen-bond acceptors (Lipinski definition) is 3. The van der Waals surface area contributed by atoms with E-state index in [2.05, 4.69) is 38.3 Å². The third-order valence-corrected chi connectivity index (χ3v) is 10.7. The van der Waals surface area contributed by atoms with Crippen LogP contribution in [0.3, 0.4) is 0 Å². The smallest absolute Gasteiger partial charge is 0.192 e. The van der Waals surface area contributed by atoms with E-state index >= 15 is 0 Å². The van der Waals surface area contributed by atoms with Gasteiger partial charge in [0.1, 0.15) is 17.1 Å². The third kappa shape index (κ3) is 6.02. The van der Waals surface area contributed by atoms with Gasteiger partial charge in [0.25, 0.3) is 0 Å². The average Bonchev–Trinajstić information content (AvgIpc) is 2.48. The molecule has 1 atom stereocenters. The van der Waals surface area contributed by atoms with Gasteiger partial charge in [-0.05, 0) is 51.0 Å². The predicted octanol–water partition coefficient (Wildman–Crippen LogP) is 5.48. The van der Waals surface area contributed by atoms with Gasteiger partial charge in [0, 0.05) is 5.56 Å². The van der Waals surface area contributed by atoms with Crippen LogP contribution in [0, 0.1) is 11.3 Å². The third-order valence-electron chi connectivity index (χ3n) is 4.52. The Hall–Kier alpha value is -1.00. The van der Waals surface area contributed by atoms with Gasteiger partial charge in [0.2, 0.25) is 0 Å². The first-order valence-corrected chi connectivity index (χ1v) is 12.9. The number of hydrogen-bond donors (Lipinski definition) is 0. The molecular weight excluding hydrogens is 384 g/mol. The molecule has 0 saturated carbocycles. The second kappa shape index (κ2) is 8.35. The number of benzene rings is 1.